The maximum absolute atomic E-state index is 12.4. The third kappa shape index (κ3) is 4.95. The summed E-state index contributed by atoms with van der Waals surface area (Å²) in [7, 11) is 1.37. The quantitative estimate of drug-likeness (QED) is 0.341. The highest BCUT2D eigenvalue weighted by molar-refractivity contribution is 7.15. The number of urea groups is 1. The first-order valence-corrected chi connectivity index (χ1v) is 13.0. The minimum atomic E-state index is -0.556. The fourth-order valence-electron chi connectivity index (χ4n) is 4.43. The fourth-order valence-corrected chi connectivity index (χ4v) is 5.64. The Labute approximate surface area is 224 Å². The predicted molar refractivity (Wildman–Crippen MR) is 147 cm³/mol. The molecule has 3 heterocycles. The first kappa shape index (κ1) is 25.3. The van der Waals surface area contributed by atoms with Gasteiger partial charge >= 0.3 is 12.0 Å². The zero-order chi connectivity index (χ0) is 26.8. The number of carbonyl (C=O) groups excluding carboxylic acids is 2. The number of nitrogens with one attached hydrogen (secondary N) is 2. The monoisotopic (exact) mass is 528 g/mol. The van der Waals surface area contributed by atoms with Crippen LogP contribution in [0, 0.1) is 20.8 Å². The van der Waals surface area contributed by atoms with E-state index in [1.54, 1.807) is 11.3 Å². The molecule has 38 heavy (non-hydrogen) atoms. The van der Waals surface area contributed by atoms with Gasteiger partial charge in [0.15, 0.2) is 5.82 Å². The summed E-state index contributed by atoms with van der Waals surface area (Å²) in [5, 5.41) is 15.4. The molecule has 1 aliphatic rings. The van der Waals surface area contributed by atoms with Crippen molar-refractivity contribution < 1.29 is 14.3 Å². The third-order valence-electron chi connectivity index (χ3n) is 6.54. The Kier molecular flexibility index (Phi) is 7.06. The summed E-state index contributed by atoms with van der Waals surface area (Å²) in [6, 6.07) is 16.4. The Balaban J connectivity index is 1.46. The van der Waals surface area contributed by atoms with E-state index in [4.69, 9.17) is 9.73 Å². The van der Waals surface area contributed by atoms with Crippen molar-refractivity contribution in [3.63, 3.8) is 0 Å². The lowest BCUT2D eigenvalue weighted by atomic mass is 9.99. The van der Waals surface area contributed by atoms with E-state index in [1.165, 1.54) is 12.0 Å². The molecule has 0 saturated heterocycles. The van der Waals surface area contributed by atoms with Gasteiger partial charge in [-0.15, -0.1) is 21.5 Å². The van der Waals surface area contributed by atoms with Gasteiger partial charge in [-0.3, -0.25) is 14.4 Å². The lowest BCUT2D eigenvalue weighted by molar-refractivity contribution is -0.141. The lowest BCUT2D eigenvalue weighted by Gasteiger charge is -2.12. The van der Waals surface area contributed by atoms with Crippen LogP contribution in [0.3, 0.4) is 0 Å². The number of nitrogens with zero attached hydrogens (tertiary/aromatic N) is 4. The highest BCUT2D eigenvalue weighted by atomic mass is 32.1. The number of fused-ring (bicyclic) bond motifs is 3. The van der Waals surface area contributed by atoms with E-state index in [-0.39, 0.29) is 18.4 Å². The van der Waals surface area contributed by atoms with Crippen molar-refractivity contribution in [2.24, 2.45) is 4.99 Å². The molecule has 2 aromatic heterocycles. The number of benzene rings is 2. The SMILES string of the molecule is COC(=O)C[C@@H]1N=C(c2ccc(NC(=O)NCc3ccccc3)cc2)c2c(sc(C)c2C)-n2c(C)nnc21. The predicted octanol–water partition coefficient (Wildman–Crippen LogP) is 5.03. The highest BCUT2D eigenvalue weighted by Gasteiger charge is 2.32. The second-order valence-corrected chi connectivity index (χ2v) is 10.3. The topological polar surface area (TPSA) is 110 Å². The summed E-state index contributed by atoms with van der Waals surface area (Å²) in [4.78, 5) is 30.9. The van der Waals surface area contributed by atoms with Gasteiger partial charge in [0, 0.05) is 28.2 Å². The molecule has 2 N–H and O–H groups in total. The zero-order valence-electron chi connectivity index (χ0n) is 21.6. The van der Waals surface area contributed by atoms with Gasteiger partial charge in [-0.25, -0.2) is 4.79 Å². The molecule has 0 aliphatic carbocycles. The summed E-state index contributed by atoms with van der Waals surface area (Å²) in [5.74, 6) is 0.971. The summed E-state index contributed by atoms with van der Waals surface area (Å²) in [5.41, 5.74) is 5.42. The van der Waals surface area contributed by atoms with Crippen molar-refractivity contribution in [1.29, 1.82) is 0 Å². The van der Waals surface area contributed by atoms with E-state index < -0.39 is 6.04 Å². The summed E-state index contributed by atoms with van der Waals surface area (Å²) in [6.07, 6.45) is 0.0479. The van der Waals surface area contributed by atoms with Crippen LogP contribution < -0.4 is 10.6 Å². The molecule has 2 aromatic carbocycles. The third-order valence-corrected chi connectivity index (χ3v) is 7.73. The van der Waals surface area contributed by atoms with Crippen LogP contribution >= 0.6 is 11.3 Å². The van der Waals surface area contributed by atoms with Gasteiger partial charge in [-0.05, 0) is 44.0 Å². The molecule has 194 valence electrons. The number of esters is 1. The molecule has 1 aliphatic heterocycles. The molecular formula is C28H28N6O3S. The average molecular weight is 529 g/mol. The smallest absolute Gasteiger partial charge is 0.319 e. The number of ether oxygens (including phenoxy) is 1. The van der Waals surface area contributed by atoms with Crippen LogP contribution in [0.2, 0.25) is 0 Å². The van der Waals surface area contributed by atoms with Crippen LogP contribution in [-0.4, -0.2) is 39.6 Å². The Bertz CT molecular complexity index is 1520. The number of carbonyl (C=O) groups is 2. The van der Waals surface area contributed by atoms with Crippen molar-refractivity contribution in [3.05, 3.63) is 93.4 Å². The van der Waals surface area contributed by atoms with Crippen LogP contribution in [0.4, 0.5) is 10.5 Å². The Hall–Kier alpha value is -4.31. The summed E-state index contributed by atoms with van der Waals surface area (Å²) in [6.45, 7) is 6.49. The van der Waals surface area contributed by atoms with Crippen molar-refractivity contribution >= 4 is 34.7 Å². The van der Waals surface area contributed by atoms with Crippen LogP contribution in [0.1, 0.15) is 51.2 Å². The second-order valence-electron chi connectivity index (χ2n) is 9.05. The molecule has 4 aromatic rings. The molecule has 0 bridgehead atoms. The van der Waals surface area contributed by atoms with Crippen LogP contribution in [-0.2, 0) is 16.1 Å². The number of aromatic nitrogens is 3. The van der Waals surface area contributed by atoms with Crippen LogP contribution in [0.25, 0.3) is 5.00 Å². The van der Waals surface area contributed by atoms with Crippen LogP contribution in [0.15, 0.2) is 59.6 Å². The minimum Gasteiger partial charge on any atom is -0.469 e. The van der Waals surface area contributed by atoms with E-state index >= 15 is 0 Å². The van der Waals surface area contributed by atoms with Crippen molar-refractivity contribution in [3.8, 4) is 5.00 Å². The normalized spacial score (nSPS) is 14.1. The van der Waals surface area contributed by atoms with Gasteiger partial charge in [0.2, 0.25) is 0 Å². The average Bonchev–Trinajstić information content (AvgIpc) is 3.40. The number of hydrogen-bond acceptors (Lipinski definition) is 7. The van der Waals surface area contributed by atoms with E-state index in [0.29, 0.717) is 18.1 Å². The number of amides is 2. The van der Waals surface area contributed by atoms with E-state index in [1.807, 2.05) is 66.1 Å². The van der Waals surface area contributed by atoms with Crippen molar-refractivity contribution in [2.75, 3.05) is 12.4 Å². The van der Waals surface area contributed by atoms with Gasteiger partial charge in [0.05, 0.1) is 19.2 Å². The first-order valence-electron chi connectivity index (χ1n) is 12.2. The standard InChI is InChI=1S/C28H28N6O3S/c1-16-17(2)38-27-24(16)25(31-22(14-23(35)37-4)26-33-32-18(3)34(26)27)20-10-12-21(13-11-20)30-28(36)29-15-19-8-6-5-7-9-19/h5-13,22H,14-15H2,1-4H3,(H2,29,30,36)/t22-/m0/s1. The minimum absolute atomic E-state index is 0.0479. The van der Waals surface area contributed by atoms with Gasteiger partial charge in [0.1, 0.15) is 16.9 Å². The summed E-state index contributed by atoms with van der Waals surface area (Å²) >= 11 is 1.65. The number of methoxy groups -OCH3 is 1. The number of aryl methyl sites for hydroxylation is 2. The van der Waals surface area contributed by atoms with Gasteiger partial charge < -0.3 is 15.4 Å². The maximum atomic E-state index is 12.4. The molecule has 0 saturated carbocycles. The van der Waals surface area contributed by atoms with Crippen molar-refractivity contribution in [1.82, 2.24) is 20.1 Å². The maximum Gasteiger partial charge on any atom is 0.319 e. The lowest BCUT2D eigenvalue weighted by Crippen LogP contribution is -2.28. The molecular weight excluding hydrogens is 500 g/mol. The van der Waals surface area contributed by atoms with E-state index in [0.717, 1.165) is 38.8 Å². The van der Waals surface area contributed by atoms with E-state index in [9.17, 15) is 9.59 Å². The molecule has 1 atom stereocenters. The van der Waals surface area contributed by atoms with Gasteiger partial charge in [-0.2, -0.15) is 0 Å². The molecule has 5 rings (SSSR count). The Morgan fingerprint density at radius 1 is 1.03 bits per heavy atom. The molecule has 0 fully saturated rings. The molecule has 0 unspecified atom stereocenters. The van der Waals surface area contributed by atoms with Crippen LogP contribution in [0.5, 0.6) is 0 Å². The first-order chi connectivity index (χ1) is 18.4. The summed E-state index contributed by atoms with van der Waals surface area (Å²) < 4.78 is 6.95. The fraction of sp³-hybridized carbons (Fsp3) is 0.250. The number of hydrogen-bond donors (Lipinski definition) is 2. The molecule has 10 heteroatoms. The number of thiophene rings is 1. The zero-order valence-corrected chi connectivity index (χ0v) is 22.4. The molecule has 0 radical (unpaired) electrons. The molecule has 0 spiro atoms. The largest absolute Gasteiger partial charge is 0.469 e. The second kappa shape index (κ2) is 10.6. The molecule has 9 nitrogen and oxygen atoms in total. The van der Waals surface area contributed by atoms with Gasteiger partial charge in [-0.1, -0.05) is 42.5 Å². The Morgan fingerprint density at radius 3 is 2.47 bits per heavy atom. The molecule has 2 amide bonds. The Morgan fingerprint density at radius 2 is 1.76 bits per heavy atom. The number of rotatable bonds is 6. The van der Waals surface area contributed by atoms with Gasteiger partial charge in [0.25, 0.3) is 0 Å². The highest BCUT2D eigenvalue weighted by Crippen LogP contribution is 2.39. The number of aliphatic imine (C=N–C) groups is 1. The number of anilines is 1. The van der Waals surface area contributed by atoms with E-state index in [2.05, 4.69) is 34.7 Å². The van der Waals surface area contributed by atoms with Crippen molar-refractivity contribution in [2.45, 2.75) is 39.8 Å².